The van der Waals surface area contributed by atoms with Crippen LogP contribution in [0.4, 0.5) is 5.82 Å². The van der Waals surface area contributed by atoms with Crippen molar-refractivity contribution in [3.8, 4) is 28.7 Å². The lowest BCUT2D eigenvalue weighted by atomic mass is 9.96. The zero-order valence-corrected chi connectivity index (χ0v) is 13.0. The number of nitrogen functional groups attached to an aromatic ring is 1. The third kappa shape index (κ3) is 2.21. The fourth-order valence-electron chi connectivity index (χ4n) is 2.61. The summed E-state index contributed by atoms with van der Waals surface area (Å²) in [5.41, 5.74) is 8.99. The van der Waals surface area contributed by atoms with Crippen molar-refractivity contribution in [2.24, 2.45) is 0 Å². The summed E-state index contributed by atoms with van der Waals surface area (Å²) in [5.74, 6) is 1.33. The minimum atomic E-state index is 0.149. The molecule has 7 heteroatoms. The first-order valence-corrected chi connectivity index (χ1v) is 6.87. The van der Waals surface area contributed by atoms with E-state index in [0.717, 1.165) is 16.6 Å². The van der Waals surface area contributed by atoms with Crippen molar-refractivity contribution >= 4 is 16.9 Å². The number of anilines is 1. The second-order valence-electron chi connectivity index (χ2n) is 4.98. The zero-order valence-electron chi connectivity index (χ0n) is 13.0. The molecule has 2 aromatic heterocycles. The molecule has 0 bridgehead atoms. The van der Waals surface area contributed by atoms with Crippen LogP contribution in [0.25, 0.3) is 22.2 Å². The first kappa shape index (κ1) is 14.7. The van der Waals surface area contributed by atoms with Gasteiger partial charge in [0, 0.05) is 11.3 Å². The van der Waals surface area contributed by atoms with Crippen molar-refractivity contribution in [1.82, 2.24) is 15.2 Å². The summed E-state index contributed by atoms with van der Waals surface area (Å²) in [6.07, 6.45) is 0. The highest BCUT2D eigenvalue weighted by Crippen LogP contribution is 2.38. The average Bonchev–Trinajstić information content (AvgIpc) is 2.93. The molecule has 3 rings (SSSR count). The lowest BCUT2D eigenvalue weighted by Crippen LogP contribution is -1.99. The number of fused-ring (bicyclic) bond motifs is 1. The normalized spacial score (nSPS) is 10.5. The molecule has 7 nitrogen and oxygen atoms in total. The van der Waals surface area contributed by atoms with Crippen LogP contribution in [0, 0.1) is 18.3 Å². The zero-order chi connectivity index (χ0) is 16.6. The molecular weight excluding hydrogens is 294 g/mol. The van der Waals surface area contributed by atoms with Gasteiger partial charge in [-0.05, 0) is 24.6 Å². The van der Waals surface area contributed by atoms with E-state index in [2.05, 4.69) is 21.3 Å². The molecular formula is C16H15N5O2. The molecule has 0 amide bonds. The molecule has 0 aliphatic rings. The monoisotopic (exact) mass is 309 g/mol. The first-order chi connectivity index (χ1) is 11.1. The van der Waals surface area contributed by atoms with Gasteiger partial charge in [-0.25, -0.2) is 4.98 Å². The van der Waals surface area contributed by atoms with Gasteiger partial charge in [0.15, 0.2) is 17.1 Å². The topological polar surface area (TPSA) is 110 Å². The Labute approximate surface area is 132 Å². The number of H-pyrrole nitrogens is 1. The third-order valence-corrected chi connectivity index (χ3v) is 3.69. The number of hydrogen-bond donors (Lipinski definition) is 2. The minimum Gasteiger partial charge on any atom is -0.493 e. The maximum atomic E-state index is 9.52. The number of hydrogen-bond acceptors (Lipinski definition) is 6. The molecule has 0 aliphatic carbocycles. The number of rotatable bonds is 3. The Morgan fingerprint density at radius 1 is 1.22 bits per heavy atom. The van der Waals surface area contributed by atoms with Gasteiger partial charge in [-0.2, -0.15) is 10.4 Å². The number of pyridine rings is 1. The summed E-state index contributed by atoms with van der Waals surface area (Å²) in [5, 5.41) is 17.3. The van der Waals surface area contributed by atoms with E-state index in [1.54, 1.807) is 26.4 Å². The maximum Gasteiger partial charge on any atom is 0.183 e. The van der Waals surface area contributed by atoms with Crippen LogP contribution >= 0.6 is 0 Å². The smallest absolute Gasteiger partial charge is 0.183 e. The molecule has 0 saturated heterocycles. The van der Waals surface area contributed by atoms with Crippen LogP contribution in [0.1, 0.15) is 11.3 Å². The number of methoxy groups -OCH3 is 2. The summed E-state index contributed by atoms with van der Waals surface area (Å²) < 4.78 is 10.6. The fraction of sp³-hybridized carbons (Fsp3) is 0.188. The van der Waals surface area contributed by atoms with Crippen molar-refractivity contribution < 1.29 is 9.47 Å². The van der Waals surface area contributed by atoms with Crippen LogP contribution in [-0.4, -0.2) is 29.4 Å². The van der Waals surface area contributed by atoms with Gasteiger partial charge in [-0.1, -0.05) is 6.07 Å². The van der Waals surface area contributed by atoms with E-state index in [-0.39, 0.29) is 5.82 Å². The number of benzene rings is 1. The van der Waals surface area contributed by atoms with Crippen molar-refractivity contribution in [1.29, 1.82) is 5.26 Å². The molecule has 0 radical (unpaired) electrons. The molecule has 0 unspecified atom stereocenters. The molecule has 3 N–H and O–H groups in total. The predicted molar refractivity (Wildman–Crippen MR) is 86.3 cm³/mol. The van der Waals surface area contributed by atoms with Crippen molar-refractivity contribution in [3.05, 3.63) is 29.5 Å². The average molecular weight is 309 g/mol. The highest BCUT2D eigenvalue weighted by molar-refractivity contribution is 6.00. The Hall–Kier alpha value is -3.27. The van der Waals surface area contributed by atoms with Gasteiger partial charge in [-0.3, -0.25) is 5.10 Å². The number of nitrogens with zero attached hydrogens (tertiary/aromatic N) is 3. The number of ether oxygens (including phenoxy) is 2. The molecule has 0 fully saturated rings. The summed E-state index contributed by atoms with van der Waals surface area (Å²) in [6.45, 7) is 1.87. The van der Waals surface area contributed by atoms with Crippen molar-refractivity contribution in [2.45, 2.75) is 6.92 Å². The number of aryl methyl sites for hydroxylation is 1. The van der Waals surface area contributed by atoms with Gasteiger partial charge < -0.3 is 15.2 Å². The Morgan fingerprint density at radius 3 is 2.61 bits per heavy atom. The Kier molecular flexibility index (Phi) is 3.50. The van der Waals surface area contributed by atoms with Crippen LogP contribution in [0.3, 0.4) is 0 Å². The number of aromatic amines is 1. The quantitative estimate of drug-likeness (QED) is 0.768. The van der Waals surface area contributed by atoms with Gasteiger partial charge >= 0.3 is 0 Å². The highest BCUT2D eigenvalue weighted by Gasteiger charge is 2.19. The summed E-state index contributed by atoms with van der Waals surface area (Å²) in [4.78, 5) is 4.19. The molecule has 23 heavy (non-hydrogen) atoms. The van der Waals surface area contributed by atoms with Gasteiger partial charge in [0.2, 0.25) is 0 Å². The second-order valence-corrected chi connectivity index (χ2v) is 4.98. The van der Waals surface area contributed by atoms with E-state index < -0.39 is 0 Å². The molecule has 0 aliphatic heterocycles. The van der Waals surface area contributed by atoms with Crippen LogP contribution in [-0.2, 0) is 0 Å². The van der Waals surface area contributed by atoms with E-state index in [1.807, 2.05) is 13.0 Å². The van der Waals surface area contributed by atoms with Crippen LogP contribution in [0.2, 0.25) is 0 Å². The lowest BCUT2D eigenvalue weighted by molar-refractivity contribution is 0.355. The maximum absolute atomic E-state index is 9.52. The van der Waals surface area contributed by atoms with E-state index in [0.29, 0.717) is 28.3 Å². The largest absolute Gasteiger partial charge is 0.493 e. The lowest BCUT2D eigenvalue weighted by Gasteiger charge is -2.12. The van der Waals surface area contributed by atoms with Gasteiger partial charge in [-0.15, -0.1) is 0 Å². The molecule has 0 saturated carbocycles. The highest BCUT2D eigenvalue weighted by atomic mass is 16.5. The van der Waals surface area contributed by atoms with Gasteiger partial charge in [0.05, 0.1) is 19.6 Å². The number of nitrogens with one attached hydrogen (secondary N) is 1. The third-order valence-electron chi connectivity index (χ3n) is 3.69. The van der Waals surface area contributed by atoms with E-state index in [4.69, 9.17) is 15.2 Å². The van der Waals surface area contributed by atoms with E-state index >= 15 is 0 Å². The Morgan fingerprint density at radius 2 is 1.96 bits per heavy atom. The minimum absolute atomic E-state index is 0.149. The second kappa shape index (κ2) is 5.50. The Balaban J connectivity index is 2.39. The standard InChI is InChI=1S/C16H15N5O2/c1-8-13-14(9-4-5-11(22-2)12(6-9)23-3)10(7-17)15(18)19-16(13)21-20-8/h4-6H,1-3H3,(H3,18,19,20,21). The van der Waals surface area contributed by atoms with Crippen molar-refractivity contribution in [3.63, 3.8) is 0 Å². The molecule has 116 valence electrons. The molecule has 1 aromatic carbocycles. The predicted octanol–water partition coefficient (Wildman–Crippen LogP) is 2.40. The SMILES string of the molecule is COc1ccc(-c2c(C#N)c(N)nc3n[nH]c(C)c23)cc1OC. The van der Waals surface area contributed by atoms with E-state index in [1.165, 1.54) is 0 Å². The summed E-state index contributed by atoms with van der Waals surface area (Å²) in [6, 6.07) is 7.58. The number of nitrogens with two attached hydrogens (primary N) is 1. The molecule has 2 heterocycles. The number of aromatic nitrogens is 3. The Bertz CT molecular complexity index is 940. The molecule has 3 aromatic rings. The molecule has 0 atom stereocenters. The summed E-state index contributed by atoms with van der Waals surface area (Å²) in [7, 11) is 3.13. The van der Waals surface area contributed by atoms with Crippen molar-refractivity contribution in [2.75, 3.05) is 20.0 Å². The van der Waals surface area contributed by atoms with Crippen LogP contribution < -0.4 is 15.2 Å². The van der Waals surface area contributed by atoms with Crippen LogP contribution in [0.15, 0.2) is 18.2 Å². The van der Waals surface area contributed by atoms with E-state index in [9.17, 15) is 5.26 Å². The summed E-state index contributed by atoms with van der Waals surface area (Å²) >= 11 is 0. The number of nitriles is 1. The first-order valence-electron chi connectivity index (χ1n) is 6.87. The van der Waals surface area contributed by atoms with Gasteiger partial charge in [0.1, 0.15) is 17.5 Å². The molecule has 0 spiro atoms. The fourth-order valence-corrected chi connectivity index (χ4v) is 2.61. The van der Waals surface area contributed by atoms with Crippen LogP contribution in [0.5, 0.6) is 11.5 Å². The van der Waals surface area contributed by atoms with Gasteiger partial charge in [0.25, 0.3) is 0 Å².